The van der Waals surface area contributed by atoms with Gasteiger partial charge in [0.15, 0.2) is 5.82 Å². The van der Waals surface area contributed by atoms with Crippen molar-refractivity contribution in [2.45, 2.75) is 25.9 Å². The maximum atomic E-state index is 9.03. The van der Waals surface area contributed by atoms with Crippen LogP contribution in [0.3, 0.4) is 0 Å². The number of tetrazole rings is 1. The molecule has 6 nitrogen and oxygen atoms in total. The quantitative estimate of drug-likeness (QED) is 0.776. The van der Waals surface area contributed by atoms with Gasteiger partial charge in [-0.1, -0.05) is 36.4 Å². The minimum atomic E-state index is 0.0435. The smallest absolute Gasteiger partial charge is 0.167 e. The van der Waals surface area contributed by atoms with Crippen molar-refractivity contribution in [1.29, 1.82) is 5.26 Å². The zero-order valence-corrected chi connectivity index (χ0v) is 14.5. The Morgan fingerprint density at radius 1 is 1.04 bits per heavy atom. The van der Waals surface area contributed by atoms with E-state index in [9.17, 15) is 0 Å². The van der Waals surface area contributed by atoms with Crippen molar-refractivity contribution < 1.29 is 0 Å². The van der Waals surface area contributed by atoms with Gasteiger partial charge in [0.2, 0.25) is 0 Å². The molecule has 0 saturated carbocycles. The molecule has 2 atom stereocenters. The second kappa shape index (κ2) is 7.24. The Hall–Kier alpha value is -3.04. The van der Waals surface area contributed by atoms with Crippen LogP contribution in [0.5, 0.6) is 0 Å². The molecule has 2 unspecified atom stereocenters. The summed E-state index contributed by atoms with van der Waals surface area (Å²) in [5.74, 6) is 0.803. The minimum Gasteiger partial charge on any atom is -0.301 e. The molecule has 126 valence electrons. The maximum Gasteiger partial charge on any atom is 0.167 e. The van der Waals surface area contributed by atoms with Crippen molar-refractivity contribution >= 4 is 0 Å². The van der Waals surface area contributed by atoms with Gasteiger partial charge in [0.05, 0.1) is 17.7 Å². The first-order valence-corrected chi connectivity index (χ1v) is 8.17. The fraction of sp³-hybridized carbons (Fsp3) is 0.263. The van der Waals surface area contributed by atoms with E-state index in [1.165, 1.54) is 5.56 Å². The predicted molar refractivity (Wildman–Crippen MR) is 95.4 cm³/mol. The highest BCUT2D eigenvalue weighted by Gasteiger charge is 2.15. The standard InChI is InChI=1S/C19H20N6/c1-13(21-14(2)19-22-23-24-25(19)3)16-7-9-17(10-8-16)18-6-4-5-15(11-18)12-20/h4-11,13-14,21H,1-3H3. The van der Waals surface area contributed by atoms with Crippen LogP contribution in [0.25, 0.3) is 11.1 Å². The maximum absolute atomic E-state index is 9.03. The summed E-state index contributed by atoms with van der Waals surface area (Å²) < 4.78 is 1.68. The molecular weight excluding hydrogens is 312 g/mol. The molecule has 6 heteroatoms. The molecule has 0 aliphatic heterocycles. The van der Waals surface area contributed by atoms with Crippen molar-refractivity contribution in [1.82, 2.24) is 25.5 Å². The summed E-state index contributed by atoms with van der Waals surface area (Å²) in [6.45, 7) is 4.16. The van der Waals surface area contributed by atoms with Gasteiger partial charge in [0.25, 0.3) is 0 Å². The van der Waals surface area contributed by atoms with Gasteiger partial charge >= 0.3 is 0 Å². The molecule has 3 aromatic rings. The Morgan fingerprint density at radius 2 is 1.80 bits per heavy atom. The summed E-state index contributed by atoms with van der Waals surface area (Å²) in [5.41, 5.74) is 3.99. The van der Waals surface area contributed by atoms with Crippen LogP contribution in [0, 0.1) is 11.3 Å². The zero-order valence-electron chi connectivity index (χ0n) is 14.5. The first kappa shape index (κ1) is 16.8. The van der Waals surface area contributed by atoms with Crippen LogP contribution in [-0.4, -0.2) is 20.2 Å². The largest absolute Gasteiger partial charge is 0.301 e. The highest BCUT2D eigenvalue weighted by atomic mass is 15.5. The van der Waals surface area contributed by atoms with Crippen LogP contribution in [0.1, 0.15) is 42.9 Å². The monoisotopic (exact) mass is 332 g/mol. The second-order valence-electron chi connectivity index (χ2n) is 6.09. The van der Waals surface area contributed by atoms with Crippen molar-refractivity contribution in [3.05, 3.63) is 65.5 Å². The fourth-order valence-electron chi connectivity index (χ4n) is 2.88. The van der Waals surface area contributed by atoms with Gasteiger partial charge in [-0.15, -0.1) is 5.10 Å². The molecule has 1 aromatic heterocycles. The molecule has 25 heavy (non-hydrogen) atoms. The number of nitrogens with zero attached hydrogens (tertiary/aromatic N) is 5. The van der Waals surface area contributed by atoms with Crippen LogP contribution < -0.4 is 5.32 Å². The number of benzene rings is 2. The molecule has 0 amide bonds. The molecule has 1 N–H and O–H groups in total. The van der Waals surface area contributed by atoms with Gasteiger partial charge in [-0.2, -0.15) is 5.26 Å². The Kier molecular flexibility index (Phi) is 4.87. The van der Waals surface area contributed by atoms with Crippen LogP contribution in [0.15, 0.2) is 48.5 Å². The Balaban J connectivity index is 1.73. The molecule has 2 aromatic carbocycles. The van der Waals surface area contributed by atoms with E-state index in [2.05, 4.69) is 58.1 Å². The molecule has 0 fully saturated rings. The molecule has 0 aliphatic rings. The number of nitrogens with one attached hydrogen (secondary N) is 1. The number of hydrogen-bond acceptors (Lipinski definition) is 5. The van der Waals surface area contributed by atoms with E-state index in [1.807, 2.05) is 38.2 Å². The third kappa shape index (κ3) is 3.73. The van der Waals surface area contributed by atoms with Gasteiger partial charge < -0.3 is 5.32 Å². The molecule has 0 saturated heterocycles. The number of aryl methyl sites for hydroxylation is 1. The zero-order chi connectivity index (χ0) is 17.8. The van der Waals surface area contributed by atoms with Crippen molar-refractivity contribution in [2.75, 3.05) is 0 Å². The lowest BCUT2D eigenvalue weighted by atomic mass is 10.00. The van der Waals surface area contributed by atoms with E-state index in [-0.39, 0.29) is 12.1 Å². The summed E-state index contributed by atoms with van der Waals surface area (Å²) in [4.78, 5) is 0. The Bertz CT molecular complexity index is 891. The van der Waals surface area contributed by atoms with Crippen LogP contribution in [-0.2, 0) is 7.05 Å². The topological polar surface area (TPSA) is 79.4 Å². The lowest BCUT2D eigenvalue weighted by Gasteiger charge is -2.19. The van der Waals surface area contributed by atoms with E-state index in [1.54, 1.807) is 4.68 Å². The van der Waals surface area contributed by atoms with E-state index in [4.69, 9.17) is 5.26 Å². The second-order valence-corrected chi connectivity index (χ2v) is 6.09. The first-order valence-electron chi connectivity index (χ1n) is 8.17. The van der Waals surface area contributed by atoms with Crippen LogP contribution in [0.4, 0.5) is 0 Å². The molecule has 3 rings (SSSR count). The molecular formula is C19H20N6. The normalized spacial score (nSPS) is 13.2. The van der Waals surface area contributed by atoms with E-state index < -0.39 is 0 Å². The third-order valence-electron chi connectivity index (χ3n) is 4.28. The SMILES string of the molecule is CC(NC(C)c1nnnn1C)c1ccc(-c2cccc(C#N)c2)cc1. The summed E-state index contributed by atoms with van der Waals surface area (Å²) in [6.07, 6.45) is 0. The molecule has 0 radical (unpaired) electrons. The number of hydrogen-bond donors (Lipinski definition) is 1. The highest BCUT2D eigenvalue weighted by molar-refractivity contribution is 5.65. The summed E-state index contributed by atoms with van der Waals surface area (Å²) in [5, 5.41) is 24.1. The Morgan fingerprint density at radius 3 is 2.44 bits per heavy atom. The van der Waals surface area contributed by atoms with Gasteiger partial charge in [-0.3, -0.25) is 0 Å². The number of rotatable bonds is 5. The first-order chi connectivity index (χ1) is 12.1. The number of aromatic nitrogens is 4. The molecule has 1 heterocycles. The van der Waals surface area contributed by atoms with E-state index in [0.29, 0.717) is 5.56 Å². The van der Waals surface area contributed by atoms with Gasteiger partial charge in [-0.25, -0.2) is 4.68 Å². The summed E-state index contributed by atoms with van der Waals surface area (Å²) in [6, 6.07) is 18.4. The molecule has 0 aliphatic carbocycles. The van der Waals surface area contributed by atoms with Crippen LogP contribution >= 0.6 is 0 Å². The fourth-order valence-corrected chi connectivity index (χ4v) is 2.88. The predicted octanol–water partition coefficient (Wildman–Crippen LogP) is 3.16. The third-order valence-corrected chi connectivity index (χ3v) is 4.28. The summed E-state index contributed by atoms with van der Waals surface area (Å²) >= 11 is 0. The van der Waals surface area contributed by atoms with E-state index in [0.717, 1.165) is 17.0 Å². The molecule has 0 spiro atoms. The van der Waals surface area contributed by atoms with Crippen LogP contribution in [0.2, 0.25) is 0 Å². The average Bonchev–Trinajstić information content (AvgIpc) is 3.08. The molecule has 0 bridgehead atoms. The van der Waals surface area contributed by atoms with Gasteiger partial charge in [0, 0.05) is 13.1 Å². The van der Waals surface area contributed by atoms with E-state index >= 15 is 0 Å². The van der Waals surface area contributed by atoms with Crippen molar-refractivity contribution in [3.63, 3.8) is 0 Å². The van der Waals surface area contributed by atoms with Crippen molar-refractivity contribution in [2.24, 2.45) is 7.05 Å². The van der Waals surface area contributed by atoms with Crippen molar-refractivity contribution in [3.8, 4) is 17.2 Å². The number of nitriles is 1. The lowest BCUT2D eigenvalue weighted by molar-refractivity contribution is 0.460. The average molecular weight is 332 g/mol. The lowest BCUT2D eigenvalue weighted by Crippen LogP contribution is -2.24. The Labute approximate surface area is 147 Å². The van der Waals surface area contributed by atoms with Gasteiger partial charge in [0.1, 0.15) is 0 Å². The minimum absolute atomic E-state index is 0.0435. The highest BCUT2D eigenvalue weighted by Crippen LogP contribution is 2.24. The van der Waals surface area contributed by atoms with Gasteiger partial charge in [-0.05, 0) is 53.1 Å². The summed E-state index contributed by atoms with van der Waals surface area (Å²) in [7, 11) is 1.84.